The van der Waals surface area contributed by atoms with Crippen LogP contribution in [0.4, 0.5) is 0 Å². The first kappa shape index (κ1) is 57.2. The highest BCUT2D eigenvalue weighted by Crippen LogP contribution is 2.38. The van der Waals surface area contributed by atoms with Gasteiger partial charge in [0.2, 0.25) is 0 Å². The first-order valence-electron chi connectivity index (χ1n) is 23.1. The summed E-state index contributed by atoms with van der Waals surface area (Å²) in [5.74, 6) is -0.400. The lowest BCUT2D eigenvalue weighted by molar-refractivity contribution is -0.870. The van der Waals surface area contributed by atoms with Crippen LogP contribution in [-0.2, 0) is 27.9 Å². The van der Waals surface area contributed by atoms with Crippen molar-refractivity contribution < 1.29 is 37.3 Å². The Hall–Kier alpha value is -2.84. The van der Waals surface area contributed by atoms with E-state index >= 15 is 0 Å². The molecule has 0 fully saturated rings. The van der Waals surface area contributed by atoms with Crippen molar-refractivity contribution in [1.82, 2.24) is 0 Å². The predicted molar refractivity (Wildman–Crippen MR) is 254 cm³/mol. The molecule has 9 heteroatoms. The molecule has 0 saturated carbocycles. The van der Waals surface area contributed by atoms with E-state index in [2.05, 4.69) is 123 Å². The van der Waals surface area contributed by atoms with Crippen molar-refractivity contribution in [3.63, 3.8) is 0 Å². The minimum Gasteiger partial charge on any atom is -0.756 e. The van der Waals surface area contributed by atoms with Crippen LogP contribution in [0.3, 0.4) is 0 Å². The van der Waals surface area contributed by atoms with Crippen molar-refractivity contribution in [2.75, 3.05) is 54.1 Å². The summed E-state index contributed by atoms with van der Waals surface area (Å²) >= 11 is 0. The molecular formula is C51H86NO7P. The fraction of sp³-hybridized carbons (Fsp3) is 0.627. The quantitative estimate of drug-likeness (QED) is 0.0199. The molecule has 0 heterocycles. The maximum absolute atomic E-state index is 12.7. The summed E-state index contributed by atoms with van der Waals surface area (Å²) < 4.78 is 34.5. The minimum atomic E-state index is -4.55. The maximum atomic E-state index is 12.7. The number of hydrogen-bond donors (Lipinski definition) is 0. The van der Waals surface area contributed by atoms with Gasteiger partial charge in [0.25, 0.3) is 7.82 Å². The fourth-order valence-electron chi connectivity index (χ4n) is 5.49. The second-order valence-electron chi connectivity index (χ2n) is 16.0. The van der Waals surface area contributed by atoms with Crippen LogP contribution in [0, 0.1) is 0 Å². The number of phosphoric ester groups is 1. The van der Waals surface area contributed by atoms with Crippen LogP contribution in [0.2, 0.25) is 0 Å². The summed E-state index contributed by atoms with van der Waals surface area (Å²) in [6.45, 7) is 5.12. The monoisotopic (exact) mass is 856 g/mol. The van der Waals surface area contributed by atoms with Gasteiger partial charge >= 0.3 is 5.97 Å². The molecule has 0 aromatic heterocycles. The van der Waals surface area contributed by atoms with Gasteiger partial charge < -0.3 is 27.9 Å². The molecule has 0 bridgehead atoms. The minimum absolute atomic E-state index is 0.00628. The molecule has 0 aliphatic carbocycles. The van der Waals surface area contributed by atoms with Gasteiger partial charge in [0.15, 0.2) is 0 Å². The first-order valence-corrected chi connectivity index (χ1v) is 24.6. The number of esters is 1. The van der Waals surface area contributed by atoms with Gasteiger partial charge in [-0.25, -0.2) is 0 Å². The number of quaternary nitrogens is 1. The maximum Gasteiger partial charge on any atom is 0.306 e. The molecule has 8 nitrogen and oxygen atoms in total. The highest BCUT2D eigenvalue weighted by molar-refractivity contribution is 7.45. The van der Waals surface area contributed by atoms with Gasteiger partial charge in [-0.05, 0) is 89.9 Å². The van der Waals surface area contributed by atoms with Gasteiger partial charge in [-0.1, -0.05) is 162 Å². The predicted octanol–water partition coefficient (Wildman–Crippen LogP) is 13.4. The highest BCUT2D eigenvalue weighted by Gasteiger charge is 2.20. The Bertz CT molecular complexity index is 1320. The fourth-order valence-corrected chi connectivity index (χ4v) is 6.22. The van der Waals surface area contributed by atoms with E-state index in [0.29, 0.717) is 24.1 Å². The van der Waals surface area contributed by atoms with Gasteiger partial charge in [0.05, 0.1) is 34.4 Å². The molecule has 0 N–H and O–H groups in total. The Morgan fingerprint density at radius 1 is 0.533 bits per heavy atom. The van der Waals surface area contributed by atoms with Crippen LogP contribution in [0.15, 0.2) is 109 Å². The van der Waals surface area contributed by atoms with Crippen molar-refractivity contribution in [3.05, 3.63) is 109 Å². The molecule has 2 atom stereocenters. The summed E-state index contributed by atoms with van der Waals surface area (Å²) in [7, 11) is 1.29. The Morgan fingerprint density at radius 2 is 0.967 bits per heavy atom. The number of likely N-dealkylation sites (N-methyl/N-ethyl adjacent to an activating group) is 1. The number of allylic oxidation sites excluding steroid dienone is 18. The van der Waals surface area contributed by atoms with Crippen LogP contribution in [0.25, 0.3) is 0 Å². The third-order valence-electron chi connectivity index (χ3n) is 9.06. The van der Waals surface area contributed by atoms with Crippen molar-refractivity contribution >= 4 is 13.8 Å². The van der Waals surface area contributed by atoms with Crippen molar-refractivity contribution in [1.29, 1.82) is 0 Å². The summed E-state index contributed by atoms with van der Waals surface area (Å²) in [5.41, 5.74) is 0. The van der Waals surface area contributed by atoms with Crippen LogP contribution >= 0.6 is 7.82 Å². The Labute approximate surface area is 368 Å². The van der Waals surface area contributed by atoms with Crippen LogP contribution in [0.1, 0.15) is 149 Å². The Morgan fingerprint density at radius 3 is 1.45 bits per heavy atom. The number of rotatable bonds is 41. The van der Waals surface area contributed by atoms with Crippen LogP contribution in [-0.4, -0.2) is 70.7 Å². The normalized spacial score (nSPS) is 14.7. The molecule has 0 aromatic carbocycles. The molecule has 0 amide bonds. The lowest BCUT2D eigenvalue weighted by Crippen LogP contribution is -2.37. The van der Waals surface area contributed by atoms with E-state index in [0.717, 1.165) is 83.5 Å². The van der Waals surface area contributed by atoms with Crippen LogP contribution < -0.4 is 4.89 Å². The SMILES string of the molecule is CC/C=C\C/C=C\C/C=C\C/C=C\C/C=C\C/C=C\C/C=C\CCCC(=O)OC(COCCCCCCCC/C=C\C/C=C\CCCC)COP(=O)([O-])OCC[N+](C)(C)C. The van der Waals surface area contributed by atoms with E-state index in [-0.39, 0.29) is 26.2 Å². The molecule has 0 spiro atoms. The third-order valence-corrected chi connectivity index (χ3v) is 10.0. The second-order valence-corrected chi connectivity index (χ2v) is 17.4. The van der Waals surface area contributed by atoms with Gasteiger partial charge in [-0.3, -0.25) is 9.36 Å². The standard InChI is InChI=1S/C51H86NO7P/c1-6-8-10-12-14-16-18-20-22-23-24-25-26-27-28-29-30-32-34-36-38-40-42-44-51(53)59-50(49-58-60(54,55)57-47-45-52(3,4)5)48-56-46-43-41-39-37-35-33-31-21-19-17-15-13-11-9-7-2/h8,10,13-16,19-22,24-25,27-28,30,32,36,38,50H,6-7,9,11-12,17-18,23,26,29,31,33-35,37,39-49H2,1-5H3/b10-8-,15-13-,16-14-,21-19-,22-20-,25-24-,28-27-,32-30-,38-36-. The zero-order chi connectivity index (χ0) is 44.1. The third kappa shape index (κ3) is 46.2. The average Bonchev–Trinajstić information content (AvgIpc) is 3.20. The Balaban J connectivity index is 4.37. The number of unbranched alkanes of at least 4 members (excludes halogenated alkanes) is 9. The number of nitrogens with zero attached hydrogens (tertiary/aromatic N) is 1. The Kier molecular flexibility index (Phi) is 40.8. The summed E-state index contributed by atoms with van der Waals surface area (Å²) in [6, 6.07) is 0. The van der Waals surface area contributed by atoms with E-state index in [1.54, 1.807) is 0 Å². The van der Waals surface area contributed by atoms with Gasteiger partial charge in [0, 0.05) is 13.0 Å². The summed E-state index contributed by atoms with van der Waals surface area (Å²) in [6.07, 6.45) is 59.7. The largest absolute Gasteiger partial charge is 0.756 e. The van der Waals surface area contributed by atoms with E-state index in [1.807, 2.05) is 21.1 Å². The van der Waals surface area contributed by atoms with E-state index < -0.39 is 19.9 Å². The van der Waals surface area contributed by atoms with Crippen molar-refractivity contribution in [3.8, 4) is 0 Å². The second kappa shape index (κ2) is 42.8. The molecule has 0 radical (unpaired) electrons. The summed E-state index contributed by atoms with van der Waals surface area (Å²) in [4.78, 5) is 25.1. The smallest absolute Gasteiger partial charge is 0.306 e. The number of ether oxygens (including phenoxy) is 2. The molecule has 0 aliphatic heterocycles. The summed E-state index contributed by atoms with van der Waals surface area (Å²) in [5, 5.41) is 0. The molecule has 0 rings (SSSR count). The van der Waals surface area contributed by atoms with Crippen molar-refractivity contribution in [2.24, 2.45) is 0 Å². The molecule has 0 saturated heterocycles. The average molecular weight is 856 g/mol. The van der Waals surface area contributed by atoms with Crippen LogP contribution in [0.5, 0.6) is 0 Å². The lowest BCUT2D eigenvalue weighted by atomic mass is 10.1. The zero-order valence-electron chi connectivity index (χ0n) is 38.6. The number of carbonyl (C=O) groups is 1. The topological polar surface area (TPSA) is 94.1 Å². The van der Waals surface area contributed by atoms with E-state index in [1.165, 1.54) is 38.5 Å². The zero-order valence-corrected chi connectivity index (χ0v) is 39.5. The van der Waals surface area contributed by atoms with Crippen molar-refractivity contribution in [2.45, 2.75) is 155 Å². The molecule has 60 heavy (non-hydrogen) atoms. The van der Waals surface area contributed by atoms with Gasteiger partial charge in [-0.2, -0.15) is 0 Å². The molecule has 0 aromatic rings. The van der Waals surface area contributed by atoms with E-state index in [4.69, 9.17) is 18.5 Å². The molecule has 0 aliphatic rings. The lowest BCUT2D eigenvalue weighted by Gasteiger charge is -2.28. The number of phosphoric acid groups is 1. The molecule has 342 valence electrons. The molecule has 2 unspecified atom stereocenters. The van der Waals surface area contributed by atoms with Gasteiger partial charge in [0.1, 0.15) is 19.3 Å². The van der Waals surface area contributed by atoms with E-state index in [9.17, 15) is 14.3 Å². The highest BCUT2D eigenvalue weighted by atomic mass is 31.2. The van der Waals surface area contributed by atoms with Gasteiger partial charge in [-0.15, -0.1) is 0 Å². The molecular weight excluding hydrogens is 770 g/mol. The number of carbonyl (C=O) groups excluding carboxylic acids is 1. The number of hydrogen-bond acceptors (Lipinski definition) is 7. The first-order chi connectivity index (χ1) is 29.1.